The Morgan fingerprint density at radius 3 is 2.59 bits per heavy atom. The topological polar surface area (TPSA) is 47.3 Å². The molecule has 17 heavy (non-hydrogen) atoms. The van der Waals surface area contributed by atoms with Crippen LogP contribution >= 0.6 is 0 Å². The average Bonchev–Trinajstić information content (AvgIpc) is 2.57. The first-order valence-electron chi connectivity index (χ1n) is 5.59. The fourth-order valence-corrected chi connectivity index (χ4v) is 2.53. The number of benzene rings is 1. The van der Waals surface area contributed by atoms with E-state index in [1.807, 2.05) is 31.2 Å². The van der Waals surface area contributed by atoms with Crippen LogP contribution in [-0.2, 0) is 15.6 Å². The van der Waals surface area contributed by atoms with Crippen molar-refractivity contribution in [2.75, 3.05) is 0 Å². The van der Waals surface area contributed by atoms with Crippen molar-refractivity contribution in [1.29, 1.82) is 0 Å². The van der Waals surface area contributed by atoms with Crippen molar-refractivity contribution in [2.24, 2.45) is 0 Å². The summed E-state index contributed by atoms with van der Waals surface area (Å²) in [6.45, 7) is 5.36. The van der Waals surface area contributed by atoms with Crippen molar-refractivity contribution < 1.29 is 12.8 Å². The third kappa shape index (κ3) is 2.52. The number of fused-ring (bicyclic) bond motifs is 1. The highest BCUT2D eigenvalue weighted by Gasteiger charge is 2.19. The number of hydrogen-bond acceptors (Lipinski definition) is 3. The molecule has 1 aromatic heterocycles. The average molecular weight is 252 g/mol. The van der Waals surface area contributed by atoms with Crippen LogP contribution in [-0.4, -0.2) is 13.7 Å². The Balaban J connectivity index is 2.38. The maximum atomic E-state index is 11.8. The molecule has 0 aliphatic heterocycles. The zero-order valence-corrected chi connectivity index (χ0v) is 11.0. The summed E-state index contributed by atoms with van der Waals surface area (Å²) in [5.41, 5.74) is 1.88. The van der Waals surface area contributed by atoms with Gasteiger partial charge in [-0.15, -0.1) is 0 Å². The lowest BCUT2D eigenvalue weighted by Crippen LogP contribution is -2.15. The van der Waals surface area contributed by atoms with E-state index in [2.05, 4.69) is 0 Å². The van der Waals surface area contributed by atoms with Gasteiger partial charge in [-0.3, -0.25) is 0 Å². The summed E-state index contributed by atoms with van der Waals surface area (Å²) in [6, 6.07) is 7.62. The highest BCUT2D eigenvalue weighted by atomic mass is 32.2. The van der Waals surface area contributed by atoms with Crippen LogP contribution in [0.4, 0.5) is 0 Å². The molecule has 0 N–H and O–H groups in total. The van der Waals surface area contributed by atoms with Gasteiger partial charge in [-0.25, -0.2) is 8.42 Å². The molecule has 0 atom stereocenters. The number of furan rings is 1. The molecule has 92 valence electrons. The van der Waals surface area contributed by atoms with Crippen molar-refractivity contribution in [3.63, 3.8) is 0 Å². The fourth-order valence-electron chi connectivity index (χ4n) is 1.65. The third-order valence-electron chi connectivity index (χ3n) is 2.78. The molecule has 0 radical (unpaired) electrons. The molecule has 3 nitrogen and oxygen atoms in total. The molecule has 0 aliphatic carbocycles. The van der Waals surface area contributed by atoms with Gasteiger partial charge in [0.15, 0.2) is 9.84 Å². The number of rotatable bonds is 3. The Hall–Kier alpha value is -1.29. The van der Waals surface area contributed by atoms with Crippen LogP contribution in [0, 0.1) is 6.92 Å². The predicted octanol–water partition coefficient (Wildman–Crippen LogP) is 3.06. The van der Waals surface area contributed by atoms with E-state index < -0.39 is 9.84 Å². The van der Waals surface area contributed by atoms with Gasteiger partial charge >= 0.3 is 0 Å². The van der Waals surface area contributed by atoms with Crippen LogP contribution in [0.15, 0.2) is 28.7 Å². The molecule has 2 aromatic rings. The number of hydrogen-bond donors (Lipinski definition) is 0. The Kier molecular flexibility index (Phi) is 3.00. The van der Waals surface area contributed by atoms with E-state index in [4.69, 9.17) is 4.42 Å². The Morgan fingerprint density at radius 1 is 1.24 bits per heavy atom. The van der Waals surface area contributed by atoms with E-state index >= 15 is 0 Å². The first-order valence-corrected chi connectivity index (χ1v) is 7.31. The molecule has 4 heteroatoms. The normalized spacial score (nSPS) is 12.5. The molecular formula is C13H16O3S. The smallest absolute Gasteiger partial charge is 0.159 e. The quantitative estimate of drug-likeness (QED) is 0.843. The second kappa shape index (κ2) is 4.18. The lowest BCUT2D eigenvalue weighted by Gasteiger charge is -2.04. The first kappa shape index (κ1) is 12.2. The van der Waals surface area contributed by atoms with Crippen molar-refractivity contribution in [2.45, 2.75) is 31.8 Å². The molecule has 0 fully saturated rings. The molecule has 2 rings (SSSR count). The maximum absolute atomic E-state index is 11.8. The third-order valence-corrected chi connectivity index (χ3v) is 4.91. The summed E-state index contributed by atoms with van der Waals surface area (Å²) in [5, 5.41) is 0.580. The van der Waals surface area contributed by atoms with Gasteiger partial charge in [0.1, 0.15) is 17.1 Å². The Morgan fingerprint density at radius 2 is 1.94 bits per heavy atom. The lowest BCUT2D eigenvalue weighted by molar-refractivity contribution is 0.550. The molecule has 0 aliphatic rings. The van der Waals surface area contributed by atoms with Gasteiger partial charge in [-0.2, -0.15) is 0 Å². The second-order valence-corrected chi connectivity index (χ2v) is 7.17. The highest BCUT2D eigenvalue weighted by molar-refractivity contribution is 7.91. The van der Waals surface area contributed by atoms with Gasteiger partial charge in [-0.05, 0) is 39.0 Å². The predicted molar refractivity (Wildman–Crippen MR) is 68.7 cm³/mol. The summed E-state index contributed by atoms with van der Waals surface area (Å²) < 4.78 is 29.1. The molecule has 1 aromatic carbocycles. The number of aryl methyl sites for hydroxylation is 1. The molecule has 1 heterocycles. The van der Waals surface area contributed by atoms with Crippen LogP contribution in [0.25, 0.3) is 11.0 Å². The second-order valence-electron chi connectivity index (χ2n) is 4.61. The van der Waals surface area contributed by atoms with E-state index in [0.717, 1.165) is 16.5 Å². The summed E-state index contributed by atoms with van der Waals surface area (Å²) >= 11 is 0. The fraction of sp³-hybridized carbons (Fsp3) is 0.385. The summed E-state index contributed by atoms with van der Waals surface area (Å²) in [4.78, 5) is 0. The minimum Gasteiger partial charge on any atom is -0.460 e. The maximum Gasteiger partial charge on any atom is 0.159 e. The monoisotopic (exact) mass is 252 g/mol. The summed E-state index contributed by atoms with van der Waals surface area (Å²) in [5.74, 6) is 0.484. The largest absolute Gasteiger partial charge is 0.460 e. The van der Waals surface area contributed by atoms with E-state index in [0.29, 0.717) is 5.76 Å². The van der Waals surface area contributed by atoms with E-state index in [-0.39, 0.29) is 11.0 Å². The molecule has 0 bridgehead atoms. The lowest BCUT2D eigenvalue weighted by atomic mass is 10.2. The van der Waals surface area contributed by atoms with Crippen LogP contribution in [0.5, 0.6) is 0 Å². The van der Waals surface area contributed by atoms with Gasteiger partial charge in [0.2, 0.25) is 0 Å². The molecule has 0 spiro atoms. The van der Waals surface area contributed by atoms with Gasteiger partial charge < -0.3 is 4.42 Å². The minimum absolute atomic E-state index is 0.0294. The van der Waals surface area contributed by atoms with Crippen LogP contribution in [0.3, 0.4) is 0 Å². The zero-order valence-electron chi connectivity index (χ0n) is 10.2. The Bertz CT molecular complexity index is 636. The standard InChI is InChI=1S/C13H16O3S/c1-9(2)17(14,15)8-12-7-11-6-10(3)4-5-13(11)16-12/h4-7,9H,8H2,1-3H3. The van der Waals surface area contributed by atoms with Gasteiger partial charge in [0.25, 0.3) is 0 Å². The van der Waals surface area contributed by atoms with Crippen LogP contribution in [0.2, 0.25) is 0 Å². The van der Waals surface area contributed by atoms with Gasteiger partial charge in [0.05, 0.1) is 5.25 Å². The van der Waals surface area contributed by atoms with E-state index in [1.54, 1.807) is 13.8 Å². The molecular weight excluding hydrogens is 236 g/mol. The van der Waals surface area contributed by atoms with Crippen LogP contribution in [0.1, 0.15) is 25.2 Å². The molecule has 0 saturated carbocycles. The summed E-state index contributed by atoms with van der Waals surface area (Å²) in [7, 11) is -3.10. The molecule has 0 saturated heterocycles. The van der Waals surface area contributed by atoms with Crippen molar-refractivity contribution in [3.8, 4) is 0 Å². The number of sulfone groups is 1. The summed E-state index contributed by atoms with van der Waals surface area (Å²) in [6.07, 6.45) is 0. The molecule has 0 unspecified atom stereocenters. The van der Waals surface area contributed by atoms with Crippen LogP contribution < -0.4 is 0 Å². The van der Waals surface area contributed by atoms with Crippen molar-refractivity contribution in [1.82, 2.24) is 0 Å². The van der Waals surface area contributed by atoms with Crippen molar-refractivity contribution >= 4 is 20.8 Å². The van der Waals surface area contributed by atoms with E-state index in [1.165, 1.54) is 0 Å². The highest BCUT2D eigenvalue weighted by Crippen LogP contribution is 2.22. The minimum atomic E-state index is -3.10. The van der Waals surface area contributed by atoms with E-state index in [9.17, 15) is 8.42 Å². The van der Waals surface area contributed by atoms with Gasteiger partial charge in [0, 0.05) is 5.39 Å². The SMILES string of the molecule is Cc1ccc2oc(CS(=O)(=O)C(C)C)cc2c1. The Labute approximate surface area is 101 Å². The first-order chi connectivity index (χ1) is 7.88. The zero-order chi connectivity index (χ0) is 12.6. The van der Waals surface area contributed by atoms with Crippen molar-refractivity contribution in [3.05, 3.63) is 35.6 Å². The van der Waals surface area contributed by atoms with Gasteiger partial charge in [-0.1, -0.05) is 11.6 Å². The molecule has 0 amide bonds.